The fourth-order valence-corrected chi connectivity index (χ4v) is 4.55. The van der Waals surface area contributed by atoms with Crippen LogP contribution < -0.4 is 9.64 Å². The highest BCUT2D eigenvalue weighted by atomic mass is 35.5. The summed E-state index contributed by atoms with van der Waals surface area (Å²) in [6, 6.07) is 11.1. The first-order chi connectivity index (χ1) is 12.8. The topological polar surface area (TPSA) is 93.0 Å². The number of hydrogen-bond acceptors (Lipinski definition) is 6. The van der Waals surface area contributed by atoms with E-state index < -0.39 is 20.6 Å². The molecule has 0 saturated carbocycles. The number of halogens is 1. The summed E-state index contributed by atoms with van der Waals surface area (Å²) in [5.74, 6) is 0.754. The third-order valence-corrected chi connectivity index (χ3v) is 6.64. The minimum absolute atomic E-state index is 0.0942. The molecular formula is C17H18ClN3O5S. The zero-order valence-corrected chi connectivity index (χ0v) is 16.1. The Morgan fingerprint density at radius 1 is 1.07 bits per heavy atom. The third kappa shape index (κ3) is 4.00. The number of nitro benzene ring substituents is 1. The maximum atomic E-state index is 12.8. The summed E-state index contributed by atoms with van der Waals surface area (Å²) in [6.07, 6.45) is 0. The lowest BCUT2D eigenvalue weighted by molar-refractivity contribution is -0.384. The van der Waals surface area contributed by atoms with E-state index in [2.05, 4.69) is 4.90 Å². The fourth-order valence-electron chi connectivity index (χ4n) is 2.92. The lowest BCUT2D eigenvalue weighted by Gasteiger charge is -2.35. The van der Waals surface area contributed by atoms with Gasteiger partial charge >= 0.3 is 0 Å². The van der Waals surface area contributed by atoms with Gasteiger partial charge in [0.15, 0.2) is 0 Å². The molecule has 1 saturated heterocycles. The number of nitro groups is 1. The van der Waals surface area contributed by atoms with Crippen molar-refractivity contribution in [3.63, 3.8) is 0 Å². The molecule has 0 spiro atoms. The largest absolute Gasteiger partial charge is 0.497 e. The Labute approximate surface area is 162 Å². The van der Waals surface area contributed by atoms with Crippen LogP contribution in [-0.2, 0) is 10.0 Å². The third-order valence-electron chi connectivity index (χ3n) is 4.43. The number of piperazine rings is 1. The first-order valence-electron chi connectivity index (χ1n) is 8.16. The second-order valence-corrected chi connectivity index (χ2v) is 8.30. The predicted molar refractivity (Wildman–Crippen MR) is 102 cm³/mol. The number of benzene rings is 2. The van der Waals surface area contributed by atoms with Crippen molar-refractivity contribution in [1.29, 1.82) is 0 Å². The molecule has 0 aliphatic carbocycles. The Kier molecular flexibility index (Phi) is 5.54. The van der Waals surface area contributed by atoms with Crippen LogP contribution in [0.15, 0.2) is 47.4 Å². The average molecular weight is 412 g/mol. The van der Waals surface area contributed by atoms with Crippen LogP contribution in [0.25, 0.3) is 0 Å². The minimum atomic E-state index is -3.83. The molecule has 0 unspecified atom stereocenters. The molecular weight excluding hydrogens is 394 g/mol. The van der Waals surface area contributed by atoms with E-state index in [1.165, 1.54) is 16.4 Å². The van der Waals surface area contributed by atoms with Crippen molar-refractivity contribution in [1.82, 2.24) is 4.31 Å². The number of anilines is 1. The normalized spacial score (nSPS) is 15.6. The van der Waals surface area contributed by atoms with Crippen LogP contribution in [0.2, 0.25) is 5.02 Å². The maximum Gasteiger partial charge on any atom is 0.289 e. The van der Waals surface area contributed by atoms with Gasteiger partial charge in [0.1, 0.15) is 10.8 Å². The smallest absolute Gasteiger partial charge is 0.289 e. The molecule has 27 heavy (non-hydrogen) atoms. The van der Waals surface area contributed by atoms with E-state index in [1.54, 1.807) is 7.11 Å². The number of nitrogens with zero attached hydrogens (tertiary/aromatic N) is 3. The molecule has 10 heteroatoms. The van der Waals surface area contributed by atoms with Crippen molar-refractivity contribution in [2.45, 2.75) is 4.90 Å². The van der Waals surface area contributed by atoms with Crippen LogP contribution in [0.3, 0.4) is 0 Å². The highest BCUT2D eigenvalue weighted by Gasteiger charge is 2.30. The average Bonchev–Trinajstić information content (AvgIpc) is 2.68. The number of sulfonamides is 1. The van der Waals surface area contributed by atoms with Gasteiger partial charge in [-0.1, -0.05) is 11.6 Å². The lowest BCUT2D eigenvalue weighted by Crippen LogP contribution is -2.48. The van der Waals surface area contributed by atoms with Crippen molar-refractivity contribution < 1.29 is 18.1 Å². The molecule has 8 nitrogen and oxygen atoms in total. The molecule has 3 rings (SSSR count). The zero-order valence-electron chi connectivity index (χ0n) is 14.5. The Morgan fingerprint density at radius 3 is 2.26 bits per heavy atom. The molecule has 0 aromatic heterocycles. The van der Waals surface area contributed by atoms with E-state index in [0.29, 0.717) is 13.1 Å². The van der Waals surface area contributed by atoms with Crippen LogP contribution in [0.4, 0.5) is 11.4 Å². The summed E-state index contributed by atoms with van der Waals surface area (Å²) in [7, 11) is -2.23. The van der Waals surface area contributed by atoms with Crippen molar-refractivity contribution in [3.05, 3.63) is 57.6 Å². The zero-order chi connectivity index (χ0) is 19.6. The lowest BCUT2D eigenvalue weighted by atomic mass is 10.2. The Hall–Kier alpha value is -2.36. The van der Waals surface area contributed by atoms with E-state index in [1.807, 2.05) is 24.3 Å². The molecule has 1 heterocycles. The van der Waals surface area contributed by atoms with Crippen LogP contribution >= 0.6 is 11.6 Å². The van der Waals surface area contributed by atoms with Crippen LogP contribution in [0.1, 0.15) is 0 Å². The van der Waals surface area contributed by atoms with Crippen molar-refractivity contribution in [2.75, 3.05) is 38.2 Å². The highest BCUT2D eigenvalue weighted by molar-refractivity contribution is 7.89. The van der Waals surface area contributed by atoms with Gasteiger partial charge in [0.25, 0.3) is 5.69 Å². The Bertz CT molecular complexity index is 942. The van der Waals surface area contributed by atoms with E-state index in [0.717, 1.165) is 17.5 Å². The van der Waals surface area contributed by atoms with E-state index in [9.17, 15) is 18.5 Å². The summed E-state index contributed by atoms with van der Waals surface area (Å²) in [5, 5.41) is 10.9. The number of ether oxygens (including phenoxy) is 1. The summed E-state index contributed by atoms with van der Waals surface area (Å²) >= 11 is 5.77. The summed E-state index contributed by atoms with van der Waals surface area (Å²) < 4.78 is 32.1. The van der Waals surface area contributed by atoms with Crippen molar-refractivity contribution >= 4 is 33.0 Å². The Balaban J connectivity index is 1.74. The number of hydrogen-bond donors (Lipinski definition) is 0. The molecule has 144 valence electrons. The van der Waals surface area contributed by atoms with E-state index >= 15 is 0 Å². The van der Waals surface area contributed by atoms with Crippen molar-refractivity contribution in [2.24, 2.45) is 0 Å². The fraction of sp³-hybridized carbons (Fsp3) is 0.294. The first kappa shape index (κ1) is 19.4. The van der Waals surface area contributed by atoms with Gasteiger partial charge in [-0.05, 0) is 36.4 Å². The van der Waals surface area contributed by atoms with E-state index in [4.69, 9.17) is 16.3 Å². The van der Waals surface area contributed by atoms with Crippen LogP contribution in [-0.4, -0.2) is 50.9 Å². The predicted octanol–water partition coefficient (Wildman–Crippen LogP) is 2.77. The van der Waals surface area contributed by atoms with Gasteiger partial charge in [-0.3, -0.25) is 10.1 Å². The molecule has 1 fully saturated rings. The molecule has 0 amide bonds. The second-order valence-electron chi connectivity index (χ2n) is 5.96. The van der Waals surface area contributed by atoms with Gasteiger partial charge < -0.3 is 9.64 Å². The van der Waals surface area contributed by atoms with Gasteiger partial charge in [0.2, 0.25) is 10.0 Å². The molecule has 0 bridgehead atoms. The van der Waals surface area contributed by atoms with Gasteiger partial charge in [-0.25, -0.2) is 8.42 Å². The van der Waals surface area contributed by atoms with E-state index in [-0.39, 0.29) is 23.0 Å². The number of rotatable bonds is 5. The molecule has 0 atom stereocenters. The Morgan fingerprint density at radius 2 is 1.70 bits per heavy atom. The first-order valence-corrected chi connectivity index (χ1v) is 9.98. The summed E-state index contributed by atoms with van der Waals surface area (Å²) in [5.41, 5.74) is 0.560. The molecule has 2 aromatic carbocycles. The summed E-state index contributed by atoms with van der Waals surface area (Å²) in [6.45, 7) is 1.60. The SMILES string of the molecule is COc1ccc(N2CCN(S(=O)(=O)c3ccc(Cl)c([N+](=O)[O-])c3)CC2)cc1. The molecule has 1 aliphatic rings. The second kappa shape index (κ2) is 7.71. The summed E-state index contributed by atoms with van der Waals surface area (Å²) in [4.78, 5) is 12.3. The monoisotopic (exact) mass is 411 g/mol. The standard InChI is InChI=1S/C17H18ClN3O5S/c1-26-14-4-2-13(3-5-14)19-8-10-20(11-9-19)27(24,25)15-6-7-16(18)17(12-15)21(22)23/h2-7,12H,8-11H2,1H3. The van der Waals surface area contributed by atoms with Crippen molar-refractivity contribution in [3.8, 4) is 5.75 Å². The van der Waals surface area contributed by atoms with Crippen LogP contribution in [0, 0.1) is 10.1 Å². The van der Waals surface area contributed by atoms with Gasteiger partial charge in [-0.2, -0.15) is 4.31 Å². The van der Waals surface area contributed by atoms with Crippen LogP contribution in [0.5, 0.6) is 5.75 Å². The molecule has 2 aromatic rings. The molecule has 0 radical (unpaired) electrons. The molecule has 0 N–H and O–H groups in total. The number of methoxy groups -OCH3 is 1. The quantitative estimate of drug-likeness (QED) is 0.554. The molecule has 1 aliphatic heterocycles. The van der Waals surface area contributed by atoms with Gasteiger partial charge in [0, 0.05) is 37.9 Å². The van der Waals surface area contributed by atoms with Gasteiger partial charge in [-0.15, -0.1) is 0 Å². The highest BCUT2D eigenvalue weighted by Crippen LogP contribution is 2.29. The maximum absolute atomic E-state index is 12.8. The van der Waals surface area contributed by atoms with Gasteiger partial charge in [0.05, 0.1) is 16.9 Å². The minimum Gasteiger partial charge on any atom is -0.497 e.